The van der Waals surface area contributed by atoms with Gasteiger partial charge in [-0.05, 0) is 36.8 Å². The van der Waals surface area contributed by atoms with Crippen LogP contribution in [-0.2, 0) is 7.05 Å². The minimum absolute atomic E-state index is 0.764. The molecule has 0 atom stereocenters. The molecule has 5 heteroatoms. The SMILES string of the molecule is Cc1ccc2c(c1)nc(-c1cnn(-c3ccccc3)n1)n2C. The van der Waals surface area contributed by atoms with Crippen molar-refractivity contribution in [3.8, 4) is 17.2 Å². The Bertz CT molecular complexity index is 950. The fourth-order valence-corrected chi connectivity index (χ4v) is 2.59. The number of hydrogen-bond acceptors (Lipinski definition) is 3. The Labute approximate surface area is 127 Å². The van der Waals surface area contributed by atoms with Gasteiger partial charge in [0.2, 0.25) is 0 Å². The second-order valence-corrected chi connectivity index (χ2v) is 5.34. The topological polar surface area (TPSA) is 48.5 Å². The summed E-state index contributed by atoms with van der Waals surface area (Å²) in [5.41, 5.74) is 4.97. The van der Waals surface area contributed by atoms with Crippen molar-refractivity contribution in [3.05, 3.63) is 60.3 Å². The maximum absolute atomic E-state index is 4.70. The van der Waals surface area contributed by atoms with E-state index in [-0.39, 0.29) is 0 Å². The monoisotopic (exact) mass is 289 g/mol. The van der Waals surface area contributed by atoms with E-state index in [1.165, 1.54) is 5.56 Å². The van der Waals surface area contributed by atoms with Crippen LogP contribution in [0.15, 0.2) is 54.7 Å². The number of benzene rings is 2. The maximum Gasteiger partial charge on any atom is 0.163 e. The molecule has 0 amide bonds. The number of hydrogen-bond donors (Lipinski definition) is 0. The maximum atomic E-state index is 4.70. The lowest BCUT2D eigenvalue weighted by atomic mass is 10.2. The van der Waals surface area contributed by atoms with Crippen molar-refractivity contribution in [1.29, 1.82) is 0 Å². The van der Waals surface area contributed by atoms with E-state index in [0.717, 1.165) is 28.2 Å². The standard InChI is InChI=1S/C17H15N5/c1-12-8-9-16-14(10-12)19-17(21(16)2)15-11-18-22(20-15)13-6-4-3-5-7-13/h3-11H,1-2H3. The zero-order valence-electron chi connectivity index (χ0n) is 12.4. The summed E-state index contributed by atoms with van der Waals surface area (Å²) >= 11 is 0. The number of nitrogens with zero attached hydrogens (tertiary/aromatic N) is 5. The molecule has 4 rings (SSSR count). The fourth-order valence-electron chi connectivity index (χ4n) is 2.59. The average Bonchev–Trinajstić information content (AvgIpc) is 3.13. The molecular weight excluding hydrogens is 274 g/mol. The van der Waals surface area contributed by atoms with E-state index in [9.17, 15) is 0 Å². The van der Waals surface area contributed by atoms with Gasteiger partial charge >= 0.3 is 0 Å². The van der Waals surface area contributed by atoms with E-state index in [0.29, 0.717) is 0 Å². The molecule has 0 spiro atoms. The van der Waals surface area contributed by atoms with E-state index in [4.69, 9.17) is 4.98 Å². The van der Waals surface area contributed by atoms with Gasteiger partial charge in [-0.2, -0.15) is 9.90 Å². The van der Waals surface area contributed by atoms with Gasteiger partial charge in [-0.25, -0.2) is 4.98 Å². The first-order valence-corrected chi connectivity index (χ1v) is 7.13. The van der Waals surface area contributed by atoms with E-state index in [2.05, 4.69) is 35.3 Å². The average molecular weight is 289 g/mol. The molecule has 0 bridgehead atoms. The van der Waals surface area contributed by atoms with E-state index >= 15 is 0 Å². The van der Waals surface area contributed by atoms with Gasteiger partial charge in [-0.15, -0.1) is 5.10 Å². The molecule has 2 aromatic carbocycles. The summed E-state index contributed by atoms with van der Waals surface area (Å²) in [5, 5.41) is 8.90. The second kappa shape index (κ2) is 4.80. The first kappa shape index (κ1) is 12.8. The van der Waals surface area contributed by atoms with Crippen molar-refractivity contribution in [1.82, 2.24) is 24.5 Å². The highest BCUT2D eigenvalue weighted by molar-refractivity contribution is 5.80. The van der Waals surface area contributed by atoms with Crippen LogP contribution in [0.4, 0.5) is 0 Å². The molecule has 0 fully saturated rings. The minimum Gasteiger partial charge on any atom is -0.326 e. The third-order valence-corrected chi connectivity index (χ3v) is 3.74. The van der Waals surface area contributed by atoms with Crippen LogP contribution in [0, 0.1) is 6.92 Å². The molecule has 22 heavy (non-hydrogen) atoms. The number of para-hydroxylation sites is 1. The van der Waals surface area contributed by atoms with Gasteiger partial charge in [0, 0.05) is 7.05 Å². The smallest absolute Gasteiger partial charge is 0.163 e. The summed E-state index contributed by atoms with van der Waals surface area (Å²) in [4.78, 5) is 6.32. The lowest BCUT2D eigenvalue weighted by Gasteiger charge is -1.99. The molecule has 0 aliphatic rings. The van der Waals surface area contributed by atoms with Crippen LogP contribution in [0.2, 0.25) is 0 Å². The number of rotatable bonds is 2. The largest absolute Gasteiger partial charge is 0.326 e. The van der Waals surface area contributed by atoms with Crippen molar-refractivity contribution in [2.75, 3.05) is 0 Å². The molecule has 2 aromatic heterocycles. The van der Waals surface area contributed by atoms with Crippen LogP contribution in [0.1, 0.15) is 5.56 Å². The molecular formula is C17H15N5. The lowest BCUT2D eigenvalue weighted by molar-refractivity contribution is 0.751. The van der Waals surface area contributed by atoms with E-state index < -0.39 is 0 Å². The number of imidazole rings is 1. The van der Waals surface area contributed by atoms with Crippen molar-refractivity contribution < 1.29 is 0 Å². The predicted molar refractivity (Wildman–Crippen MR) is 85.8 cm³/mol. The molecule has 0 saturated carbocycles. The lowest BCUT2D eigenvalue weighted by Crippen LogP contribution is -1.99. The number of aromatic nitrogens is 5. The van der Waals surface area contributed by atoms with Crippen molar-refractivity contribution in [2.45, 2.75) is 6.92 Å². The predicted octanol–water partition coefficient (Wildman–Crippen LogP) is 3.13. The molecule has 5 nitrogen and oxygen atoms in total. The highest BCUT2D eigenvalue weighted by atomic mass is 15.5. The van der Waals surface area contributed by atoms with E-state index in [1.54, 1.807) is 11.0 Å². The third-order valence-electron chi connectivity index (χ3n) is 3.74. The van der Waals surface area contributed by atoms with Crippen LogP contribution in [0.3, 0.4) is 0 Å². The van der Waals surface area contributed by atoms with Gasteiger partial charge in [-0.3, -0.25) is 0 Å². The molecule has 0 radical (unpaired) electrons. The number of aryl methyl sites for hydroxylation is 2. The molecule has 0 saturated heterocycles. The zero-order valence-corrected chi connectivity index (χ0v) is 12.4. The summed E-state index contributed by atoms with van der Waals surface area (Å²) in [7, 11) is 2.00. The molecule has 0 aliphatic carbocycles. The Balaban J connectivity index is 1.83. The van der Waals surface area contributed by atoms with Crippen LogP contribution >= 0.6 is 0 Å². The quantitative estimate of drug-likeness (QED) is 0.569. The normalized spacial score (nSPS) is 11.2. The molecule has 0 N–H and O–H groups in total. The summed E-state index contributed by atoms with van der Waals surface area (Å²) in [6.07, 6.45) is 1.75. The van der Waals surface area contributed by atoms with Crippen LogP contribution in [-0.4, -0.2) is 24.5 Å². The summed E-state index contributed by atoms with van der Waals surface area (Å²) in [5.74, 6) is 0.822. The van der Waals surface area contributed by atoms with Crippen LogP contribution in [0.5, 0.6) is 0 Å². The zero-order chi connectivity index (χ0) is 15.1. The molecule has 4 aromatic rings. The highest BCUT2D eigenvalue weighted by Crippen LogP contribution is 2.23. The Morgan fingerprint density at radius 2 is 1.82 bits per heavy atom. The minimum atomic E-state index is 0.764. The highest BCUT2D eigenvalue weighted by Gasteiger charge is 2.13. The molecule has 108 valence electrons. The van der Waals surface area contributed by atoms with Gasteiger partial charge < -0.3 is 4.57 Å². The Morgan fingerprint density at radius 1 is 1.00 bits per heavy atom. The van der Waals surface area contributed by atoms with Crippen molar-refractivity contribution in [2.24, 2.45) is 7.05 Å². The molecule has 0 aliphatic heterocycles. The Morgan fingerprint density at radius 3 is 2.64 bits per heavy atom. The summed E-state index contributed by atoms with van der Waals surface area (Å²) in [6, 6.07) is 16.1. The van der Waals surface area contributed by atoms with Gasteiger partial charge in [0.25, 0.3) is 0 Å². The van der Waals surface area contributed by atoms with E-state index in [1.807, 2.05) is 41.9 Å². The third kappa shape index (κ3) is 1.98. The second-order valence-electron chi connectivity index (χ2n) is 5.34. The molecule has 0 unspecified atom stereocenters. The fraction of sp³-hybridized carbons (Fsp3) is 0.118. The van der Waals surface area contributed by atoms with Crippen molar-refractivity contribution in [3.63, 3.8) is 0 Å². The van der Waals surface area contributed by atoms with Gasteiger partial charge in [0.1, 0.15) is 5.69 Å². The summed E-state index contributed by atoms with van der Waals surface area (Å²) < 4.78 is 2.05. The molecule has 2 heterocycles. The first-order valence-electron chi connectivity index (χ1n) is 7.13. The summed E-state index contributed by atoms with van der Waals surface area (Å²) in [6.45, 7) is 2.07. The first-order chi connectivity index (χ1) is 10.7. The Kier molecular flexibility index (Phi) is 2.79. The van der Waals surface area contributed by atoms with Crippen molar-refractivity contribution >= 4 is 11.0 Å². The number of fused-ring (bicyclic) bond motifs is 1. The van der Waals surface area contributed by atoms with Gasteiger partial charge in [0.15, 0.2) is 5.82 Å². The van der Waals surface area contributed by atoms with Gasteiger partial charge in [-0.1, -0.05) is 24.3 Å². The van der Waals surface area contributed by atoms with Crippen LogP contribution < -0.4 is 0 Å². The van der Waals surface area contributed by atoms with Gasteiger partial charge in [0.05, 0.1) is 22.9 Å². The van der Waals surface area contributed by atoms with Crippen LogP contribution in [0.25, 0.3) is 28.2 Å². The Hall–Kier alpha value is -2.95.